The minimum Gasteiger partial charge on any atom is -0.497 e. The van der Waals surface area contributed by atoms with Crippen LogP contribution in [0.1, 0.15) is 46.9 Å². The van der Waals surface area contributed by atoms with E-state index in [0.29, 0.717) is 11.8 Å². The first-order valence-corrected chi connectivity index (χ1v) is 12.1. The van der Waals surface area contributed by atoms with E-state index in [9.17, 15) is 0 Å². The maximum absolute atomic E-state index is 5.40. The van der Waals surface area contributed by atoms with Crippen LogP contribution in [0.3, 0.4) is 0 Å². The largest absolute Gasteiger partial charge is 0.497 e. The minimum absolute atomic E-state index is 0.449. The Bertz CT molecular complexity index is 1010. The summed E-state index contributed by atoms with van der Waals surface area (Å²) in [5.74, 6) is 2.71. The molecule has 0 aliphatic carbocycles. The van der Waals surface area contributed by atoms with E-state index in [1.54, 1.807) is 14.2 Å². The smallest absolute Gasteiger partial charge is 0.118 e. The lowest BCUT2D eigenvalue weighted by Crippen LogP contribution is -2.09. The molecule has 34 heavy (non-hydrogen) atoms. The molecule has 4 aromatic carbocycles. The first-order valence-electron chi connectivity index (χ1n) is 12.1. The van der Waals surface area contributed by atoms with Crippen LogP contribution in [0.2, 0.25) is 0 Å². The van der Waals surface area contributed by atoms with E-state index < -0.39 is 0 Å². The Morgan fingerprint density at radius 2 is 0.824 bits per heavy atom. The third-order valence-electron chi connectivity index (χ3n) is 6.69. The average Bonchev–Trinajstić information content (AvgIpc) is 2.91. The van der Waals surface area contributed by atoms with Crippen molar-refractivity contribution in [2.75, 3.05) is 14.2 Å². The van der Waals surface area contributed by atoms with Gasteiger partial charge in [0.2, 0.25) is 0 Å². The van der Waals surface area contributed by atoms with Gasteiger partial charge in [0.15, 0.2) is 0 Å². The van der Waals surface area contributed by atoms with E-state index in [1.165, 1.54) is 22.3 Å². The minimum atomic E-state index is 0.449. The van der Waals surface area contributed by atoms with Crippen molar-refractivity contribution >= 4 is 0 Å². The fourth-order valence-corrected chi connectivity index (χ4v) is 4.72. The van der Waals surface area contributed by atoms with Crippen LogP contribution >= 0.6 is 0 Å². The summed E-state index contributed by atoms with van der Waals surface area (Å²) in [5, 5.41) is 0. The van der Waals surface area contributed by atoms with Gasteiger partial charge in [-0.15, -0.1) is 0 Å². The lowest BCUT2D eigenvalue weighted by molar-refractivity contribution is 0.414. The van der Waals surface area contributed by atoms with Crippen LogP contribution in [-0.4, -0.2) is 14.2 Å². The Labute approximate surface area is 204 Å². The Balaban J connectivity index is 1.57. The molecular weight excluding hydrogens is 416 g/mol. The predicted molar refractivity (Wildman–Crippen MR) is 141 cm³/mol. The fourth-order valence-electron chi connectivity index (χ4n) is 4.72. The van der Waals surface area contributed by atoms with Crippen molar-refractivity contribution in [1.29, 1.82) is 0 Å². The van der Waals surface area contributed by atoms with Crippen LogP contribution in [0.5, 0.6) is 11.5 Å². The maximum Gasteiger partial charge on any atom is 0.118 e. The summed E-state index contributed by atoms with van der Waals surface area (Å²) < 4.78 is 10.8. The molecule has 174 valence electrons. The highest BCUT2D eigenvalue weighted by molar-refractivity contribution is 5.33. The molecule has 0 radical (unpaired) electrons. The zero-order valence-electron chi connectivity index (χ0n) is 20.2. The summed E-state index contributed by atoms with van der Waals surface area (Å²) in [6, 6.07) is 38.9. The summed E-state index contributed by atoms with van der Waals surface area (Å²) in [6.07, 6.45) is 4.30. The third kappa shape index (κ3) is 6.51. The van der Waals surface area contributed by atoms with Crippen molar-refractivity contribution in [3.8, 4) is 11.5 Å². The summed E-state index contributed by atoms with van der Waals surface area (Å²) in [7, 11) is 3.44. The Morgan fingerprint density at radius 3 is 1.15 bits per heavy atom. The summed E-state index contributed by atoms with van der Waals surface area (Å²) in [6.45, 7) is 0. The Hall–Kier alpha value is -3.52. The molecule has 0 amide bonds. The van der Waals surface area contributed by atoms with Gasteiger partial charge in [-0.25, -0.2) is 0 Å². The predicted octanol–water partition coefficient (Wildman–Crippen LogP) is 7.84. The Kier molecular flexibility index (Phi) is 8.40. The maximum atomic E-state index is 5.40. The van der Waals surface area contributed by atoms with E-state index in [1.807, 2.05) is 0 Å². The summed E-state index contributed by atoms with van der Waals surface area (Å²) >= 11 is 0. The van der Waals surface area contributed by atoms with Gasteiger partial charge in [0, 0.05) is 0 Å². The molecule has 2 unspecified atom stereocenters. The standard InChI is InChI=1S/C32H34O2/c1-33-31-19-15-27(16-20-31)29(23-25-9-5-3-6-10-25)13-14-30(24-26-11-7-4-8-12-26)28-17-21-32(34-2)22-18-28/h3-12,15-22,29-30H,13-14,23-24H2,1-2H3. The second kappa shape index (κ2) is 12.1. The van der Waals surface area contributed by atoms with Crippen LogP contribution in [0.15, 0.2) is 109 Å². The number of hydrogen-bond donors (Lipinski definition) is 0. The highest BCUT2D eigenvalue weighted by atomic mass is 16.5. The quantitative estimate of drug-likeness (QED) is 0.232. The lowest BCUT2D eigenvalue weighted by atomic mass is 9.82. The van der Waals surface area contributed by atoms with Crippen molar-refractivity contribution < 1.29 is 9.47 Å². The van der Waals surface area contributed by atoms with Gasteiger partial charge in [-0.05, 0) is 84.0 Å². The van der Waals surface area contributed by atoms with Gasteiger partial charge in [-0.1, -0.05) is 84.9 Å². The molecule has 0 bridgehead atoms. The first kappa shape index (κ1) is 23.6. The van der Waals surface area contributed by atoms with E-state index in [-0.39, 0.29) is 0 Å². The number of hydrogen-bond acceptors (Lipinski definition) is 2. The molecular formula is C32H34O2. The normalized spacial score (nSPS) is 12.6. The van der Waals surface area contributed by atoms with E-state index in [0.717, 1.165) is 37.2 Å². The van der Waals surface area contributed by atoms with Crippen LogP contribution in [-0.2, 0) is 12.8 Å². The van der Waals surface area contributed by atoms with Gasteiger partial charge in [-0.2, -0.15) is 0 Å². The Morgan fingerprint density at radius 1 is 0.471 bits per heavy atom. The van der Waals surface area contributed by atoms with Crippen LogP contribution < -0.4 is 9.47 Å². The molecule has 0 heterocycles. The highest BCUT2D eigenvalue weighted by Crippen LogP contribution is 2.34. The molecule has 0 spiro atoms. The molecule has 2 heteroatoms. The molecule has 0 aliphatic rings. The summed E-state index contributed by atoms with van der Waals surface area (Å²) in [5.41, 5.74) is 5.51. The molecule has 2 nitrogen and oxygen atoms in total. The molecule has 0 aliphatic heterocycles. The zero-order valence-corrected chi connectivity index (χ0v) is 20.2. The van der Waals surface area contributed by atoms with Crippen molar-refractivity contribution in [2.24, 2.45) is 0 Å². The van der Waals surface area contributed by atoms with Crippen molar-refractivity contribution in [3.63, 3.8) is 0 Å². The van der Waals surface area contributed by atoms with Crippen molar-refractivity contribution in [2.45, 2.75) is 37.5 Å². The van der Waals surface area contributed by atoms with Gasteiger partial charge in [0.1, 0.15) is 11.5 Å². The second-order valence-electron chi connectivity index (χ2n) is 8.90. The van der Waals surface area contributed by atoms with Gasteiger partial charge in [0.05, 0.1) is 14.2 Å². The molecule has 4 rings (SSSR count). The third-order valence-corrected chi connectivity index (χ3v) is 6.69. The van der Waals surface area contributed by atoms with Crippen LogP contribution in [0, 0.1) is 0 Å². The molecule has 0 saturated heterocycles. The monoisotopic (exact) mass is 450 g/mol. The average molecular weight is 451 g/mol. The van der Waals surface area contributed by atoms with Crippen molar-refractivity contribution in [3.05, 3.63) is 131 Å². The molecule has 4 aromatic rings. The number of rotatable bonds is 11. The molecule has 0 saturated carbocycles. The SMILES string of the molecule is COc1ccc(C(CCC(Cc2ccccc2)c2ccc(OC)cc2)Cc2ccccc2)cc1. The number of benzene rings is 4. The van der Waals surface area contributed by atoms with Gasteiger partial charge < -0.3 is 9.47 Å². The van der Waals surface area contributed by atoms with E-state index >= 15 is 0 Å². The van der Waals surface area contributed by atoms with Gasteiger partial charge in [0.25, 0.3) is 0 Å². The molecule has 2 atom stereocenters. The number of methoxy groups -OCH3 is 2. The topological polar surface area (TPSA) is 18.5 Å². The molecule has 0 aromatic heterocycles. The van der Waals surface area contributed by atoms with Crippen LogP contribution in [0.25, 0.3) is 0 Å². The second-order valence-corrected chi connectivity index (χ2v) is 8.90. The fraction of sp³-hybridized carbons (Fsp3) is 0.250. The van der Waals surface area contributed by atoms with Gasteiger partial charge in [-0.3, -0.25) is 0 Å². The summed E-state index contributed by atoms with van der Waals surface area (Å²) in [4.78, 5) is 0. The zero-order chi connectivity index (χ0) is 23.6. The van der Waals surface area contributed by atoms with E-state index in [2.05, 4.69) is 109 Å². The first-order chi connectivity index (χ1) is 16.7. The lowest BCUT2D eigenvalue weighted by Gasteiger charge is -2.23. The molecule has 0 fully saturated rings. The molecule has 0 N–H and O–H groups in total. The van der Waals surface area contributed by atoms with E-state index in [4.69, 9.17) is 9.47 Å². The highest BCUT2D eigenvalue weighted by Gasteiger charge is 2.18. The number of ether oxygens (including phenoxy) is 2. The van der Waals surface area contributed by atoms with Crippen molar-refractivity contribution in [1.82, 2.24) is 0 Å². The van der Waals surface area contributed by atoms with Crippen LogP contribution in [0.4, 0.5) is 0 Å². The van der Waals surface area contributed by atoms with Gasteiger partial charge >= 0.3 is 0 Å².